The lowest BCUT2D eigenvalue weighted by atomic mass is 10.2. The largest absolute Gasteiger partial charge is 0.497 e. The Hall–Kier alpha value is -4.05. The van der Waals surface area contributed by atoms with E-state index in [9.17, 15) is 4.79 Å². The van der Waals surface area contributed by atoms with E-state index in [0.29, 0.717) is 28.4 Å². The monoisotopic (exact) mass is 374 g/mol. The molecule has 2 aromatic carbocycles. The SMILES string of the molecule is COc1ccc(OC)c(NC(=O)c2cc(Nc3cccc(C#N)c3)ccn2)c1. The molecule has 140 valence electrons. The normalized spacial score (nSPS) is 9.89. The van der Waals surface area contributed by atoms with Crippen LogP contribution in [0.25, 0.3) is 0 Å². The van der Waals surface area contributed by atoms with Gasteiger partial charge < -0.3 is 20.1 Å². The van der Waals surface area contributed by atoms with Crippen molar-refractivity contribution in [3.05, 3.63) is 72.1 Å². The highest BCUT2D eigenvalue weighted by Crippen LogP contribution is 2.29. The first-order valence-corrected chi connectivity index (χ1v) is 8.39. The Labute approximate surface area is 162 Å². The van der Waals surface area contributed by atoms with Crippen LogP contribution in [-0.2, 0) is 0 Å². The van der Waals surface area contributed by atoms with E-state index in [1.54, 1.807) is 55.6 Å². The van der Waals surface area contributed by atoms with Gasteiger partial charge in [0.05, 0.1) is 31.5 Å². The lowest BCUT2D eigenvalue weighted by Gasteiger charge is -2.12. The maximum absolute atomic E-state index is 12.6. The molecule has 3 rings (SSSR count). The summed E-state index contributed by atoms with van der Waals surface area (Å²) < 4.78 is 10.5. The van der Waals surface area contributed by atoms with Gasteiger partial charge in [-0.05, 0) is 42.5 Å². The van der Waals surface area contributed by atoms with Crippen LogP contribution in [0.1, 0.15) is 16.1 Å². The molecule has 1 aromatic heterocycles. The van der Waals surface area contributed by atoms with Crippen molar-refractivity contribution in [1.82, 2.24) is 4.98 Å². The van der Waals surface area contributed by atoms with Gasteiger partial charge in [0, 0.05) is 23.6 Å². The zero-order chi connectivity index (χ0) is 19.9. The average molecular weight is 374 g/mol. The van der Waals surface area contributed by atoms with Crippen LogP contribution in [0.2, 0.25) is 0 Å². The van der Waals surface area contributed by atoms with Crippen molar-refractivity contribution in [3.63, 3.8) is 0 Å². The van der Waals surface area contributed by atoms with Crippen LogP contribution in [0.15, 0.2) is 60.8 Å². The second-order valence-corrected chi connectivity index (χ2v) is 5.77. The number of carbonyl (C=O) groups excluding carboxylic acids is 1. The summed E-state index contributed by atoms with van der Waals surface area (Å²) in [6.45, 7) is 0. The third-order valence-corrected chi connectivity index (χ3v) is 3.93. The summed E-state index contributed by atoms with van der Waals surface area (Å²) in [6, 6.07) is 17.6. The van der Waals surface area contributed by atoms with Gasteiger partial charge in [-0.15, -0.1) is 0 Å². The van der Waals surface area contributed by atoms with Crippen molar-refractivity contribution in [1.29, 1.82) is 5.26 Å². The number of nitriles is 1. The van der Waals surface area contributed by atoms with E-state index in [4.69, 9.17) is 14.7 Å². The summed E-state index contributed by atoms with van der Waals surface area (Å²) in [5, 5.41) is 15.0. The molecule has 0 saturated heterocycles. The highest BCUT2D eigenvalue weighted by atomic mass is 16.5. The quantitative estimate of drug-likeness (QED) is 0.678. The van der Waals surface area contributed by atoms with Crippen LogP contribution in [0.3, 0.4) is 0 Å². The number of rotatable bonds is 6. The van der Waals surface area contributed by atoms with Crippen molar-refractivity contribution in [3.8, 4) is 17.6 Å². The minimum absolute atomic E-state index is 0.228. The van der Waals surface area contributed by atoms with E-state index in [-0.39, 0.29) is 11.6 Å². The minimum atomic E-state index is -0.388. The molecule has 0 spiro atoms. The van der Waals surface area contributed by atoms with Gasteiger partial charge in [-0.25, -0.2) is 0 Å². The van der Waals surface area contributed by atoms with E-state index in [2.05, 4.69) is 21.7 Å². The van der Waals surface area contributed by atoms with E-state index in [1.807, 2.05) is 6.07 Å². The lowest BCUT2D eigenvalue weighted by Crippen LogP contribution is -2.14. The summed E-state index contributed by atoms with van der Waals surface area (Å²) in [7, 11) is 3.07. The molecule has 0 fully saturated rings. The Morgan fingerprint density at radius 1 is 1.04 bits per heavy atom. The highest BCUT2D eigenvalue weighted by molar-refractivity contribution is 6.04. The van der Waals surface area contributed by atoms with Gasteiger partial charge in [-0.3, -0.25) is 9.78 Å². The first-order chi connectivity index (χ1) is 13.6. The summed E-state index contributed by atoms with van der Waals surface area (Å²) >= 11 is 0. The molecule has 0 atom stereocenters. The highest BCUT2D eigenvalue weighted by Gasteiger charge is 2.13. The Kier molecular flexibility index (Phi) is 5.72. The fraction of sp³-hybridized carbons (Fsp3) is 0.0952. The summed E-state index contributed by atoms with van der Waals surface area (Å²) in [6.07, 6.45) is 1.54. The van der Waals surface area contributed by atoms with Crippen LogP contribution in [0, 0.1) is 11.3 Å². The number of carbonyl (C=O) groups is 1. The average Bonchev–Trinajstić information content (AvgIpc) is 2.74. The zero-order valence-electron chi connectivity index (χ0n) is 15.4. The summed E-state index contributed by atoms with van der Waals surface area (Å²) in [4.78, 5) is 16.8. The Bertz CT molecular complexity index is 1040. The first kappa shape index (κ1) is 18.7. The van der Waals surface area contributed by atoms with Gasteiger partial charge >= 0.3 is 0 Å². The number of pyridine rings is 1. The van der Waals surface area contributed by atoms with E-state index in [1.165, 1.54) is 13.3 Å². The lowest BCUT2D eigenvalue weighted by molar-refractivity contribution is 0.102. The fourth-order valence-electron chi connectivity index (χ4n) is 2.56. The van der Waals surface area contributed by atoms with Crippen LogP contribution in [0.4, 0.5) is 17.1 Å². The van der Waals surface area contributed by atoms with Crippen LogP contribution >= 0.6 is 0 Å². The number of anilines is 3. The molecule has 2 N–H and O–H groups in total. The first-order valence-electron chi connectivity index (χ1n) is 8.39. The molecule has 1 heterocycles. The number of hydrogen-bond donors (Lipinski definition) is 2. The third kappa shape index (κ3) is 4.37. The molecule has 7 nitrogen and oxygen atoms in total. The predicted octanol–water partition coefficient (Wildman–Crippen LogP) is 3.97. The van der Waals surface area contributed by atoms with Gasteiger partial charge in [0.25, 0.3) is 5.91 Å². The molecule has 1 amide bonds. The third-order valence-electron chi connectivity index (χ3n) is 3.93. The van der Waals surface area contributed by atoms with Gasteiger partial charge in [0.15, 0.2) is 0 Å². The molecule has 0 aliphatic heterocycles. The topological polar surface area (TPSA) is 96.3 Å². The number of amides is 1. The Morgan fingerprint density at radius 3 is 2.61 bits per heavy atom. The van der Waals surface area contributed by atoms with Crippen molar-refractivity contribution >= 4 is 23.0 Å². The molecule has 0 aliphatic rings. The standard InChI is InChI=1S/C21H18N4O3/c1-27-17-6-7-20(28-2)18(12-17)25-21(26)19-11-16(8-9-23-19)24-15-5-3-4-14(10-15)13-22/h3-12H,1-2H3,(H,23,24)(H,25,26). The molecule has 0 radical (unpaired) electrons. The molecule has 0 saturated carbocycles. The second-order valence-electron chi connectivity index (χ2n) is 5.77. The van der Waals surface area contributed by atoms with Gasteiger partial charge in [0.1, 0.15) is 17.2 Å². The van der Waals surface area contributed by atoms with Crippen LogP contribution in [-0.4, -0.2) is 25.1 Å². The Balaban J connectivity index is 1.80. The predicted molar refractivity (Wildman–Crippen MR) is 106 cm³/mol. The Morgan fingerprint density at radius 2 is 1.86 bits per heavy atom. The van der Waals surface area contributed by atoms with Crippen molar-refractivity contribution in [2.24, 2.45) is 0 Å². The van der Waals surface area contributed by atoms with E-state index >= 15 is 0 Å². The number of nitrogens with one attached hydrogen (secondary N) is 2. The summed E-state index contributed by atoms with van der Waals surface area (Å²) in [5.41, 5.74) is 2.67. The number of hydrogen-bond acceptors (Lipinski definition) is 6. The van der Waals surface area contributed by atoms with Crippen molar-refractivity contribution in [2.75, 3.05) is 24.9 Å². The maximum atomic E-state index is 12.6. The molecular weight excluding hydrogens is 356 g/mol. The minimum Gasteiger partial charge on any atom is -0.497 e. The van der Waals surface area contributed by atoms with Crippen molar-refractivity contribution in [2.45, 2.75) is 0 Å². The second kappa shape index (κ2) is 8.56. The molecule has 0 unspecified atom stereocenters. The molecule has 0 aliphatic carbocycles. The smallest absolute Gasteiger partial charge is 0.274 e. The molecule has 7 heteroatoms. The number of nitrogens with zero attached hydrogens (tertiary/aromatic N) is 2. The fourth-order valence-corrected chi connectivity index (χ4v) is 2.56. The molecular formula is C21H18N4O3. The maximum Gasteiger partial charge on any atom is 0.274 e. The number of aromatic nitrogens is 1. The summed E-state index contributed by atoms with van der Waals surface area (Å²) in [5.74, 6) is 0.717. The van der Waals surface area contributed by atoms with Gasteiger partial charge in [0.2, 0.25) is 0 Å². The van der Waals surface area contributed by atoms with Gasteiger partial charge in [-0.1, -0.05) is 6.07 Å². The number of benzene rings is 2. The van der Waals surface area contributed by atoms with E-state index < -0.39 is 0 Å². The van der Waals surface area contributed by atoms with E-state index in [0.717, 1.165) is 5.69 Å². The zero-order valence-corrected chi connectivity index (χ0v) is 15.4. The van der Waals surface area contributed by atoms with Crippen molar-refractivity contribution < 1.29 is 14.3 Å². The van der Waals surface area contributed by atoms with Crippen LogP contribution in [0.5, 0.6) is 11.5 Å². The van der Waals surface area contributed by atoms with Crippen LogP contribution < -0.4 is 20.1 Å². The molecule has 0 bridgehead atoms. The molecule has 28 heavy (non-hydrogen) atoms. The molecule has 3 aromatic rings. The number of ether oxygens (including phenoxy) is 2. The number of methoxy groups -OCH3 is 2. The van der Waals surface area contributed by atoms with Gasteiger partial charge in [-0.2, -0.15) is 5.26 Å².